The van der Waals surface area contributed by atoms with Crippen LogP contribution in [0.15, 0.2) is 18.2 Å². The summed E-state index contributed by atoms with van der Waals surface area (Å²) in [6.07, 6.45) is 0.344. The zero-order valence-corrected chi connectivity index (χ0v) is 16.2. The van der Waals surface area contributed by atoms with E-state index in [1.165, 1.54) is 50.4 Å². The van der Waals surface area contributed by atoms with Crippen molar-refractivity contribution in [3.05, 3.63) is 51.6 Å². The van der Waals surface area contributed by atoms with Crippen LogP contribution < -0.4 is 9.80 Å². The Balaban J connectivity index is 2.19. The maximum Gasteiger partial charge on any atom is 0.103 e. The fourth-order valence-corrected chi connectivity index (χ4v) is 4.93. The number of anilines is 3. The van der Waals surface area contributed by atoms with Crippen molar-refractivity contribution in [2.75, 3.05) is 16.8 Å². The van der Waals surface area contributed by atoms with Gasteiger partial charge in [0.1, 0.15) is 6.17 Å². The van der Waals surface area contributed by atoms with Crippen molar-refractivity contribution in [2.45, 2.75) is 60.0 Å². The molecule has 0 bridgehead atoms. The first-order chi connectivity index (χ1) is 11.2. The topological polar surface area (TPSA) is 6.48 Å². The minimum absolute atomic E-state index is 0.0232. The fraction of sp³-hybridized carbons (Fsp3) is 0.455. The molecule has 2 heterocycles. The highest BCUT2D eigenvalue weighted by Gasteiger charge is 2.45. The van der Waals surface area contributed by atoms with Crippen LogP contribution in [-0.2, 0) is 5.41 Å². The van der Waals surface area contributed by atoms with Gasteiger partial charge in [-0.3, -0.25) is 0 Å². The molecule has 2 aromatic rings. The van der Waals surface area contributed by atoms with E-state index in [0.29, 0.717) is 6.17 Å². The van der Waals surface area contributed by atoms with E-state index in [1.54, 1.807) is 0 Å². The molecule has 0 fully saturated rings. The van der Waals surface area contributed by atoms with Crippen molar-refractivity contribution in [3.8, 4) is 0 Å². The van der Waals surface area contributed by atoms with E-state index in [1.807, 2.05) is 0 Å². The third kappa shape index (κ3) is 1.57. The minimum atomic E-state index is 0.0232. The SMILES string of the molecule is Cc1c(C)c(C)c2c(c1C)N1c3c(cccc3C2(C)C)N(C)C1C. The van der Waals surface area contributed by atoms with Crippen molar-refractivity contribution >= 4 is 17.1 Å². The molecule has 126 valence electrons. The van der Waals surface area contributed by atoms with Crippen LogP contribution in [0.25, 0.3) is 0 Å². The minimum Gasteiger partial charge on any atom is -0.353 e. The molecule has 2 aromatic carbocycles. The van der Waals surface area contributed by atoms with Crippen molar-refractivity contribution in [1.82, 2.24) is 0 Å². The predicted octanol–water partition coefficient (Wildman–Crippen LogP) is 5.49. The summed E-state index contributed by atoms with van der Waals surface area (Å²) in [6.45, 7) is 16.3. The lowest BCUT2D eigenvalue weighted by atomic mass is 9.70. The number of fused-ring (bicyclic) bond motifs is 2. The van der Waals surface area contributed by atoms with Gasteiger partial charge >= 0.3 is 0 Å². The van der Waals surface area contributed by atoms with Crippen LogP contribution in [0.3, 0.4) is 0 Å². The second-order valence-corrected chi connectivity index (χ2v) is 8.13. The first kappa shape index (κ1) is 15.6. The maximum absolute atomic E-state index is 2.58. The van der Waals surface area contributed by atoms with Gasteiger partial charge in [-0.25, -0.2) is 0 Å². The molecular formula is C22H28N2. The second-order valence-electron chi connectivity index (χ2n) is 8.13. The van der Waals surface area contributed by atoms with Gasteiger partial charge in [0.15, 0.2) is 0 Å². The number of nitrogens with zero attached hydrogens (tertiary/aromatic N) is 2. The van der Waals surface area contributed by atoms with E-state index < -0.39 is 0 Å². The standard InChI is InChI=1S/C22H28N2/c1-12-13(2)15(4)20-19(14(12)3)22(6,7)17-10-9-11-18-21(17)24(20)16(5)23(18)8/h9-11,16H,1-8H3. The summed E-state index contributed by atoms with van der Waals surface area (Å²) in [4.78, 5) is 4.99. The number of para-hydroxylation sites is 1. The van der Waals surface area contributed by atoms with Crippen LogP contribution in [0.4, 0.5) is 17.1 Å². The first-order valence-corrected chi connectivity index (χ1v) is 8.96. The van der Waals surface area contributed by atoms with Crippen molar-refractivity contribution in [3.63, 3.8) is 0 Å². The lowest BCUT2D eigenvalue weighted by Gasteiger charge is -2.44. The molecule has 0 saturated carbocycles. The Labute approximate surface area is 146 Å². The Bertz CT molecular complexity index is 876. The predicted molar refractivity (Wildman–Crippen MR) is 104 cm³/mol. The van der Waals surface area contributed by atoms with E-state index in [0.717, 1.165) is 0 Å². The summed E-state index contributed by atoms with van der Waals surface area (Å²) in [7, 11) is 2.22. The zero-order chi connectivity index (χ0) is 17.5. The number of hydrogen-bond donors (Lipinski definition) is 0. The summed E-state index contributed by atoms with van der Waals surface area (Å²) >= 11 is 0. The van der Waals surface area contributed by atoms with Gasteiger partial charge < -0.3 is 9.80 Å². The van der Waals surface area contributed by atoms with Crippen molar-refractivity contribution in [2.24, 2.45) is 0 Å². The molecule has 0 aliphatic carbocycles. The molecule has 1 atom stereocenters. The Hall–Kier alpha value is -1.96. The van der Waals surface area contributed by atoms with Gasteiger partial charge in [-0.2, -0.15) is 0 Å². The van der Waals surface area contributed by atoms with Gasteiger partial charge in [-0.1, -0.05) is 26.0 Å². The molecule has 2 aliphatic heterocycles. The highest BCUT2D eigenvalue weighted by molar-refractivity contribution is 5.93. The molecule has 0 N–H and O–H groups in total. The molecule has 0 aromatic heterocycles. The normalized spacial score (nSPS) is 20.2. The smallest absolute Gasteiger partial charge is 0.103 e. The van der Waals surface area contributed by atoms with Crippen LogP contribution in [0.5, 0.6) is 0 Å². The van der Waals surface area contributed by atoms with Gasteiger partial charge in [0, 0.05) is 12.5 Å². The number of benzene rings is 2. The van der Waals surface area contributed by atoms with Crippen LogP contribution >= 0.6 is 0 Å². The van der Waals surface area contributed by atoms with Gasteiger partial charge in [0.25, 0.3) is 0 Å². The van der Waals surface area contributed by atoms with Gasteiger partial charge in [0.2, 0.25) is 0 Å². The lowest BCUT2D eigenvalue weighted by Crippen LogP contribution is -2.40. The van der Waals surface area contributed by atoms with Crippen LogP contribution in [0.2, 0.25) is 0 Å². The van der Waals surface area contributed by atoms with E-state index in [-0.39, 0.29) is 5.41 Å². The Kier molecular flexibility index (Phi) is 2.96. The third-order valence-corrected chi connectivity index (χ3v) is 6.76. The average molecular weight is 320 g/mol. The highest BCUT2D eigenvalue weighted by Crippen LogP contribution is 2.58. The molecule has 0 spiro atoms. The van der Waals surface area contributed by atoms with Crippen LogP contribution in [0.1, 0.15) is 54.2 Å². The highest BCUT2D eigenvalue weighted by atomic mass is 15.4. The number of rotatable bonds is 0. The molecule has 2 aliphatic rings. The maximum atomic E-state index is 2.58. The molecule has 0 radical (unpaired) electrons. The molecular weight excluding hydrogens is 292 g/mol. The third-order valence-electron chi connectivity index (χ3n) is 6.76. The van der Waals surface area contributed by atoms with Gasteiger partial charge in [0.05, 0.1) is 17.1 Å². The summed E-state index contributed by atoms with van der Waals surface area (Å²) in [5, 5.41) is 0. The molecule has 0 amide bonds. The fourth-order valence-electron chi connectivity index (χ4n) is 4.93. The van der Waals surface area contributed by atoms with Gasteiger partial charge in [-0.15, -0.1) is 0 Å². The Morgan fingerprint density at radius 2 is 1.50 bits per heavy atom. The molecule has 4 rings (SSSR count). The molecule has 1 unspecified atom stereocenters. The largest absolute Gasteiger partial charge is 0.353 e. The van der Waals surface area contributed by atoms with E-state index in [4.69, 9.17) is 0 Å². The lowest BCUT2D eigenvalue weighted by molar-refractivity contribution is 0.609. The van der Waals surface area contributed by atoms with Gasteiger partial charge in [-0.05, 0) is 74.1 Å². The summed E-state index contributed by atoms with van der Waals surface area (Å²) in [5.41, 5.74) is 13.0. The van der Waals surface area contributed by atoms with E-state index >= 15 is 0 Å². The molecule has 2 heteroatoms. The van der Waals surface area contributed by atoms with Crippen molar-refractivity contribution < 1.29 is 0 Å². The monoisotopic (exact) mass is 320 g/mol. The summed E-state index contributed by atoms with van der Waals surface area (Å²) < 4.78 is 0. The molecule has 2 nitrogen and oxygen atoms in total. The van der Waals surface area contributed by atoms with Crippen LogP contribution in [-0.4, -0.2) is 13.2 Å². The quantitative estimate of drug-likeness (QED) is 0.633. The van der Waals surface area contributed by atoms with E-state index in [2.05, 4.69) is 83.5 Å². The van der Waals surface area contributed by atoms with E-state index in [9.17, 15) is 0 Å². The Morgan fingerprint density at radius 1 is 0.875 bits per heavy atom. The number of hydrogen-bond acceptors (Lipinski definition) is 2. The Morgan fingerprint density at radius 3 is 2.17 bits per heavy atom. The first-order valence-electron chi connectivity index (χ1n) is 8.96. The van der Waals surface area contributed by atoms with Crippen molar-refractivity contribution in [1.29, 1.82) is 0 Å². The zero-order valence-electron chi connectivity index (χ0n) is 16.2. The van der Waals surface area contributed by atoms with Crippen LogP contribution in [0, 0.1) is 27.7 Å². The average Bonchev–Trinajstić information content (AvgIpc) is 2.80. The molecule has 0 saturated heterocycles. The summed E-state index contributed by atoms with van der Waals surface area (Å²) in [5.74, 6) is 0. The summed E-state index contributed by atoms with van der Waals surface area (Å²) in [6, 6.07) is 6.81. The second kappa shape index (κ2) is 4.56. The molecule has 24 heavy (non-hydrogen) atoms.